The number of hydrogen-bond donors (Lipinski definition) is 2. The van der Waals surface area contributed by atoms with Crippen LogP contribution in [-0.2, 0) is 5.75 Å². The third kappa shape index (κ3) is 2.91. The number of nitrogen functional groups attached to an aromatic ring is 1. The van der Waals surface area contributed by atoms with E-state index in [9.17, 15) is 0 Å². The van der Waals surface area contributed by atoms with Gasteiger partial charge in [0.05, 0.1) is 11.7 Å². The first-order valence-corrected chi connectivity index (χ1v) is 7.68. The van der Waals surface area contributed by atoms with E-state index in [1.54, 1.807) is 11.8 Å². The van der Waals surface area contributed by atoms with Gasteiger partial charge in [-0.3, -0.25) is 0 Å². The second-order valence-corrected chi connectivity index (χ2v) is 5.73. The lowest BCUT2D eigenvalue weighted by Crippen LogP contribution is -2.09. The van der Waals surface area contributed by atoms with Crippen LogP contribution >= 0.6 is 11.8 Å². The summed E-state index contributed by atoms with van der Waals surface area (Å²) in [6, 6.07) is 6.18. The first-order chi connectivity index (χ1) is 9.86. The van der Waals surface area contributed by atoms with Gasteiger partial charge in [0.1, 0.15) is 5.82 Å². The van der Waals surface area contributed by atoms with Crippen molar-refractivity contribution < 1.29 is 0 Å². The monoisotopic (exact) mass is 291 g/mol. The molecule has 0 radical (unpaired) electrons. The molecule has 0 unspecified atom stereocenters. The summed E-state index contributed by atoms with van der Waals surface area (Å²) in [4.78, 5) is 4.38. The molecule has 0 amide bonds. The maximum absolute atomic E-state index is 5.36. The summed E-state index contributed by atoms with van der Waals surface area (Å²) in [5, 5.41) is 12.9. The molecule has 0 atom stereocenters. The molecule has 8 heteroatoms. The first kappa shape index (κ1) is 13.3. The highest BCUT2D eigenvalue weighted by atomic mass is 32.2. The van der Waals surface area contributed by atoms with Gasteiger partial charge in [0.25, 0.3) is 0 Å². The average molecular weight is 291 g/mol. The molecule has 20 heavy (non-hydrogen) atoms. The van der Waals surface area contributed by atoms with Crippen LogP contribution in [0.2, 0.25) is 0 Å². The Labute approximate surface area is 121 Å². The van der Waals surface area contributed by atoms with Crippen molar-refractivity contribution in [3.63, 3.8) is 0 Å². The molecule has 106 valence electrons. The molecule has 1 aliphatic carbocycles. The van der Waals surface area contributed by atoms with E-state index in [1.807, 2.05) is 22.9 Å². The van der Waals surface area contributed by atoms with Gasteiger partial charge in [-0.25, -0.2) is 15.5 Å². The van der Waals surface area contributed by atoms with E-state index in [2.05, 4.69) is 25.9 Å². The van der Waals surface area contributed by atoms with Gasteiger partial charge >= 0.3 is 0 Å². The van der Waals surface area contributed by atoms with E-state index in [-0.39, 0.29) is 0 Å². The quantitative estimate of drug-likeness (QED) is 0.492. The molecular weight excluding hydrogens is 274 g/mol. The fourth-order valence-electron chi connectivity index (χ4n) is 2.44. The number of rotatable bonds is 5. The molecule has 0 aromatic carbocycles. The molecule has 1 aliphatic rings. The zero-order valence-corrected chi connectivity index (χ0v) is 11.9. The molecule has 3 N–H and O–H groups in total. The molecule has 3 rings (SSSR count). The lowest BCUT2D eigenvalue weighted by Gasteiger charge is -2.10. The number of nitrogens with one attached hydrogen (secondary N) is 1. The highest BCUT2D eigenvalue weighted by Crippen LogP contribution is 2.32. The molecule has 2 aromatic rings. The normalized spacial score (nSPS) is 15.7. The van der Waals surface area contributed by atoms with E-state index in [4.69, 9.17) is 5.84 Å². The Morgan fingerprint density at radius 2 is 2.20 bits per heavy atom. The summed E-state index contributed by atoms with van der Waals surface area (Å²) in [7, 11) is 0. The Bertz CT molecular complexity index is 564. The average Bonchev–Trinajstić information content (AvgIpc) is 3.16. The standard InChI is InChI=1S/C12H17N7S/c13-15-11-7-3-4-9(14-11)8-20-12-16-17-18-19(12)10-5-1-2-6-10/h3-4,7,10H,1-2,5-6,8,13H2,(H,14,15). The summed E-state index contributed by atoms with van der Waals surface area (Å²) < 4.78 is 1.96. The number of aromatic nitrogens is 5. The van der Waals surface area contributed by atoms with Crippen LogP contribution in [0.5, 0.6) is 0 Å². The Morgan fingerprint density at radius 1 is 1.35 bits per heavy atom. The van der Waals surface area contributed by atoms with Crippen LogP contribution in [0.4, 0.5) is 5.82 Å². The fourth-order valence-corrected chi connectivity index (χ4v) is 3.29. The van der Waals surface area contributed by atoms with Gasteiger partial charge in [-0.2, -0.15) is 0 Å². The Kier molecular flexibility index (Phi) is 4.12. The predicted molar refractivity (Wildman–Crippen MR) is 76.9 cm³/mol. The summed E-state index contributed by atoms with van der Waals surface area (Å²) in [5.41, 5.74) is 3.50. The lowest BCUT2D eigenvalue weighted by atomic mass is 10.3. The van der Waals surface area contributed by atoms with Gasteiger partial charge in [-0.15, -0.1) is 5.10 Å². The minimum atomic E-state index is 0.456. The predicted octanol–water partition coefficient (Wildman–Crippen LogP) is 1.76. The summed E-state index contributed by atoms with van der Waals surface area (Å²) in [6.45, 7) is 0. The summed E-state index contributed by atoms with van der Waals surface area (Å²) >= 11 is 1.61. The van der Waals surface area contributed by atoms with Crippen molar-refractivity contribution in [2.24, 2.45) is 5.84 Å². The second kappa shape index (κ2) is 6.19. The topological polar surface area (TPSA) is 94.5 Å². The van der Waals surface area contributed by atoms with Crippen LogP contribution in [-0.4, -0.2) is 25.2 Å². The molecule has 2 aromatic heterocycles. The number of anilines is 1. The zero-order valence-electron chi connectivity index (χ0n) is 11.1. The summed E-state index contributed by atoms with van der Waals surface area (Å²) in [6.07, 6.45) is 4.87. The third-order valence-corrected chi connectivity index (χ3v) is 4.40. The molecule has 0 bridgehead atoms. The van der Waals surface area contributed by atoms with Crippen molar-refractivity contribution in [1.29, 1.82) is 0 Å². The highest BCUT2D eigenvalue weighted by Gasteiger charge is 2.21. The largest absolute Gasteiger partial charge is 0.308 e. The van der Waals surface area contributed by atoms with Crippen molar-refractivity contribution in [3.8, 4) is 0 Å². The van der Waals surface area contributed by atoms with Gasteiger partial charge < -0.3 is 5.43 Å². The molecule has 0 spiro atoms. The molecule has 0 saturated heterocycles. The number of hydrazine groups is 1. The Morgan fingerprint density at radius 3 is 3.00 bits per heavy atom. The van der Waals surface area contributed by atoms with Crippen molar-refractivity contribution in [2.75, 3.05) is 5.43 Å². The number of tetrazole rings is 1. The van der Waals surface area contributed by atoms with Gasteiger partial charge in [0.15, 0.2) is 0 Å². The number of hydrogen-bond acceptors (Lipinski definition) is 7. The van der Waals surface area contributed by atoms with E-state index < -0.39 is 0 Å². The van der Waals surface area contributed by atoms with E-state index in [0.717, 1.165) is 16.6 Å². The minimum absolute atomic E-state index is 0.456. The van der Waals surface area contributed by atoms with Crippen LogP contribution in [0.25, 0.3) is 0 Å². The highest BCUT2D eigenvalue weighted by molar-refractivity contribution is 7.98. The number of pyridine rings is 1. The van der Waals surface area contributed by atoms with Crippen molar-refractivity contribution >= 4 is 17.6 Å². The number of nitrogens with zero attached hydrogens (tertiary/aromatic N) is 5. The van der Waals surface area contributed by atoms with E-state index in [0.29, 0.717) is 11.9 Å². The Hall–Kier alpha value is -1.67. The Balaban J connectivity index is 1.67. The molecule has 2 heterocycles. The van der Waals surface area contributed by atoms with Crippen LogP contribution in [0.3, 0.4) is 0 Å². The van der Waals surface area contributed by atoms with Crippen LogP contribution in [0, 0.1) is 0 Å². The first-order valence-electron chi connectivity index (χ1n) is 6.70. The number of thioether (sulfide) groups is 1. The molecule has 1 saturated carbocycles. The van der Waals surface area contributed by atoms with Crippen molar-refractivity contribution in [1.82, 2.24) is 25.2 Å². The molecule has 1 fully saturated rings. The second-order valence-electron chi connectivity index (χ2n) is 4.79. The van der Waals surface area contributed by atoms with Crippen molar-refractivity contribution in [2.45, 2.75) is 42.6 Å². The van der Waals surface area contributed by atoms with Gasteiger partial charge in [-0.1, -0.05) is 30.7 Å². The van der Waals surface area contributed by atoms with Crippen LogP contribution in [0.1, 0.15) is 37.4 Å². The maximum atomic E-state index is 5.36. The third-order valence-electron chi connectivity index (χ3n) is 3.44. The molecule has 7 nitrogen and oxygen atoms in total. The molecule has 0 aliphatic heterocycles. The van der Waals surface area contributed by atoms with Gasteiger partial charge in [-0.05, 0) is 35.4 Å². The van der Waals surface area contributed by atoms with Crippen molar-refractivity contribution in [3.05, 3.63) is 23.9 Å². The fraction of sp³-hybridized carbons (Fsp3) is 0.500. The van der Waals surface area contributed by atoms with Gasteiger partial charge in [0.2, 0.25) is 5.16 Å². The smallest absolute Gasteiger partial charge is 0.209 e. The van der Waals surface area contributed by atoms with E-state index >= 15 is 0 Å². The molecular formula is C12H17N7S. The number of nitrogens with two attached hydrogens (primary N) is 1. The lowest BCUT2D eigenvalue weighted by molar-refractivity contribution is 0.423. The SMILES string of the molecule is NNc1cccc(CSc2nnnn2C2CCCC2)n1. The minimum Gasteiger partial charge on any atom is -0.308 e. The van der Waals surface area contributed by atoms with Crippen LogP contribution in [0.15, 0.2) is 23.4 Å². The summed E-state index contributed by atoms with van der Waals surface area (Å²) in [5.74, 6) is 6.75. The van der Waals surface area contributed by atoms with Gasteiger partial charge in [0, 0.05) is 5.75 Å². The van der Waals surface area contributed by atoms with E-state index in [1.165, 1.54) is 25.7 Å². The van der Waals surface area contributed by atoms with Crippen LogP contribution < -0.4 is 11.3 Å². The zero-order chi connectivity index (χ0) is 13.8. The maximum Gasteiger partial charge on any atom is 0.209 e.